The molecule has 0 fully saturated rings. The zero-order valence-corrected chi connectivity index (χ0v) is 8.58. The van der Waals surface area contributed by atoms with Gasteiger partial charge in [-0.3, -0.25) is 4.99 Å². The van der Waals surface area contributed by atoms with Crippen LogP contribution in [0, 0.1) is 0 Å². The molecule has 3 nitrogen and oxygen atoms in total. The summed E-state index contributed by atoms with van der Waals surface area (Å²) in [7, 11) is 0. The minimum absolute atomic E-state index is 0.504. The summed E-state index contributed by atoms with van der Waals surface area (Å²) in [6, 6.07) is 0.504. The largest absolute Gasteiger partial charge is 0.356 e. The van der Waals surface area contributed by atoms with Gasteiger partial charge in [-0.2, -0.15) is 11.8 Å². The SMILES string of the molecule is CSCC(C)NC1=NCCCN1. The van der Waals surface area contributed by atoms with Crippen LogP contribution in [0.3, 0.4) is 0 Å². The van der Waals surface area contributed by atoms with Crippen molar-refractivity contribution in [3.05, 3.63) is 0 Å². The van der Waals surface area contributed by atoms with Gasteiger partial charge in [0.25, 0.3) is 0 Å². The number of thioether (sulfide) groups is 1. The van der Waals surface area contributed by atoms with E-state index in [1.807, 2.05) is 11.8 Å². The highest BCUT2D eigenvalue weighted by Crippen LogP contribution is 1.96. The molecule has 2 N–H and O–H groups in total. The van der Waals surface area contributed by atoms with Crippen molar-refractivity contribution in [1.82, 2.24) is 10.6 Å². The highest BCUT2D eigenvalue weighted by molar-refractivity contribution is 7.98. The van der Waals surface area contributed by atoms with E-state index in [4.69, 9.17) is 0 Å². The van der Waals surface area contributed by atoms with Gasteiger partial charge in [-0.1, -0.05) is 0 Å². The van der Waals surface area contributed by atoms with Gasteiger partial charge in [-0.05, 0) is 19.6 Å². The van der Waals surface area contributed by atoms with Crippen molar-refractivity contribution >= 4 is 17.7 Å². The zero-order valence-electron chi connectivity index (χ0n) is 7.76. The van der Waals surface area contributed by atoms with E-state index in [0.717, 1.165) is 31.2 Å². The number of nitrogens with zero attached hydrogens (tertiary/aromatic N) is 1. The van der Waals surface area contributed by atoms with E-state index in [-0.39, 0.29) is 0 Å². The molecular formula is C8H17N3S. The Balaban J connectivity index is 2.24. The minimum Gasteiger partial charge on any atom is -0.356 e. The molecule has 0 aliphatic carbocycles. The molecule has 4 heteroatoms. The first-order valence-corrected chi connectivity index (χ1v) is 5.76. The Morgan fingerprint density at radius 2 is 2.58 bits per heavy atom. The summed E-state index contributed by atoms with van der Waals surface area (Å²) in [4.78, 5) is 4.34. The number of rotatable bonds is 3. The second-order valence-electron chi connectivity index (χ2n) is 3.01. The highest BCUT2D eigenvalue weighted by Gasteiger charge is 2.06. The summed E-state index contributed by atoms with van der Waals surface area (Å²) in [6.07, 6.45) is 3.27. The van der Waals surface area contributed by atoms with Gasteiger partial charge < -0.3 is 10.6 Å². The van der Waals surface area contributed by atoms with Gasteiger partial charge in [-0.15, -0.1) is 0 Å². The van der Waals surface area contributed by atoms with E-state index in [2.05, 4.69) is 28.8 Å². The van der Waals surface area contributed by atoms with Crippen LogP contribution in [0.5, 0.6) is 0 Å². The molecule has 1 rings (SSSR count). The average Bonchev–Trinajstić information content (AvgIpc) is 2.06. The third-order valence-electron chi connectivity index (χ3n) is 1.70. The normalized spacial score (nSPS) is 19.3. The third kappa shape index (κ3) is 3.34. The summed E-state index contributed by atoms with van der Waals surface area (Å²) in [5.41, 5.74) is 0. The van der Waals surface area contributed by atoms with Gasteiger partial charge in [0.2, 0.25) is 0 Å². The van der Waals surface area contributed by atoms with E-state index in [1.54, 1.807) is 0 Å². The molecule has 0 aromatic heterocycles. The molecule has 0 saturated heterocycles. The summed E-state index contributed by atoms with van der Waals surface area (Å²) in [6.45, 7) is 4.19. The van der Waals surface area contributed by atoms with E-state index < -0.39 is 0 Å². The number of nitrogens with one attached hydrogen (secondary N) is 2. The third-order valence-corrected chi connectivity index (χ3v) is 2.53. The lowest BCUT2D eigenvalue weighted by Gasteiger charge is -2.19. The van der Waals surface area contributed by atoms with Gasteiger partial charge in [0.05, 0.1) is 0 Å². The molecule has 0 saturated carbocycles. The van der Waals surface area contributed by atoms with Crippen molar-refractivity contribution in [3.8, 4) is 0 Å². The maximum Gasteiger partial charge on any atom is 0.191 e. The number of aliphatic imine (C=N–C) groups is 1. The molecule has 1 aliphatic heterocycles. The molecule has 0 bridgehead atoms. The van der Waals surface area contributed by atoms with Gasteiger partial charge in [0.15, 0.2) is 5.96 Å². The summed E-state index contributed by atoms with van der Waals surface area (Å²) >= 11 is 1.85. The van der Waals surface area contributed by atoms with Crippen LogP contribution in [0.4, 0.5) is 0 Å². The van der Waals surface area contributed by atoms with Crippen molar-refractivity contribution in [3.63, 3.8) is 0 Å². The molecule has 12 heavy (non-hydrogen) atoms. The predicted molar refractivity (Wildman–Crippen MR) is 55.9 cm³/mol. The fraction of sp³-hybridized carbons (Fsp3) is 0.875. The molecule has 0 aromatic carbocycles. The number of hydrogen-bond donors (Lipinski definition) is 2. The maximum atomic E-state index is 4.34. The lowest BCUT2D eigenvalue weighted by molar-refractivity contribution is 0.662. The van der Waals surface area contributed by atoms with Crippen LogP contribution in [-0.4, -0.2) is 37.1 Å². The van der Waals surface area contributed by atoms with Crippen LogP contribution in [0.1, 0.15) is 13.3 Å². The van der Waals surface area contributed by atoms with Crippen molar-refractivity contribution in [2.75, 3.05) is 25.1 Å². The number of hydrogen-bond acceptors (Lipinski definition) is 4. The Hall–Kier alpha value is -0.380. The second-order valence-corrected chi connectivity index (χ2v) is 3.92. The Morgan fingerprint density at radius 3 is 3.17 bits per heavy atom. The standard InChI is InChI=1S/C8H17N3S/c1-7(6-12-2)11-8-9-4-3-5-10-8/h7H,3-6H2,1-2H3,(H2,9,10,11). The van der Waals surface area contributed by atoms with Crippen molar-refractivity contribution in [2.24, 2.45) is 4.99 Å². The Kier molecular flexibility index (Phi) is 4.29. The van der Waals surface area contributed by atoms with Gasteiger partial charge in [0.1, 0.15) is 0 Å². The quantitative estimate of drug-likeness (QED) is 0.682. The van der Waals surface area contributed by atoms with Gasteiger partial charge >= 0.3 is 0 Å². The summed E-state index contributed by atoms with van der Waals surface area (Å²) in [5, 5.41) is 6.58. The fourth-order valence-electron chi connectivity index (χ4n) is 1.15. The predicted octanol–water partition coefficient (Wildman–Crippen LogP) is 0.677. The van der Waals surface area contributed by atoms with Gasteiger partial charge in [0, 0.05) is 24.9 Å². The lowest BCUT2D eigenvalue weighted by Crippen LogP contribution is -2.45. The summed E-state index contributed by atoms with van der Waals surface area (Å²) < 4.78 is 0. The van der Waals surface area contributed by atoms with Crippen LogP contribution in [0.15, 0.2) is 4.99 Å². The first-order valence-electron chi connectivity index (χ1n) is 4.36. The fourth-order valence-corrected chi connectivity index (χ4v) is 1.74. The van der Waals surface area contributed by atoms with Crippen LogP contribution in [-0.2, 0) is 0 Å². The minimum atomic E-state index is 0.504. The Bertz CT molecular complexity index is 158. The van der Waals surface area contributed by atoms with E-state index in [0.29, 0.717) is 6.04 Å². The summed E-state index contributed by atoms with van der Waals surface area (Å²) in [5.74, 6) is 2.10. The Morgan fingerprint density at radius 1 is 1.75 bits per heavy atom. The zero-order chi connectivity index (χ0) is 8.81. The van der Waals surface area contributed by atoms with E-state index in [1.165, 1.54) is 0 Å². The average molecular weight is 187 g/mol. The smallest absolute Gasteiger partial charge is 0.191 e. The monoisotopic (exact) mass is 187 g/mol. The van der Waals surface area contributed by atoms with Crippen LogP contribution >= 0.6 is 11.8 Å². The molecular weight excluding hydrogens is 170 g/mol. The van der Waals surface area contributed by atoms with Crippen LogP contribution < -0.4 is 10.6 Å². The Labute approximate surface area is 78.4 Å². The second kappa shape index (κ2) is 5.30. The van der Waals surface area contributed by atoms with E-state index in [9.17, 15) is 0 Å². The molecule has 0 radical (unpaired) electrons. The molecule has 1 heterocycles. The van der Waals surface area contributed by atoms with Crippen molar-refractivity contribution in [2.45, 2.75) is 19.4 Å². The molecule has 1 unspecified atom stereocenters. The first-order chi connectivity index (χ1) is 5.83. The van der Waals surface area contributed by atoms with E-state index >= 15 is 0 Å². The molecule has 1 aliphatic rings. The maximum absolute atomic E-state index is 4.34. The van der Waals surface area contributed by atoms with Crippen molar-refractivity contribution in [1.29, 1.82) is 0 Å². The topological polar surface area (TPSA) is 36.4 Å². The molecule has 0 amide bonds. The van der Waals surface area contributed by atoms with Crippen LogP contribution in [0.2, 0.25) is 0 Å². The highest BCUT2D eigenvalue weighted by atomic mass is 32.2. The molecule has 1 atom stereocenters. The molecule has 70 valence electrons. The van der Waals surface area contributed by atoms with Gasteiger partial charge in [-0.25, -0.2) is 0 Å². The molecule has 0 spiro atoms. The first kappa shape index (κ1) is 9.71. The van der Waals surface area contributed by atoms with Crippen molar-refractivity contribution < 1.29 is 0 Å². The molecule has 0 aromatic rings. The number of guanidine groups is 1. The lowest BCUT2D eigenvalue weighted by atomic mass is 10.3. The van der Waals surface area contributed by atoms with Crippen LogP contribution in [0.25, 0.3) is 0 Å².